The van der Waals surface area contributed by atoms with E-state index in [1.807, 2.05) is 36.0 Å². The number of nitrogens with zero attached hydrogens (tertiary/aromatic N) is 1. The van der Waals surface area contributed by atoms with Gasteiger partial charge in [-0.15, -0.1) is 0 Å². The van der Waals surface area contributed by atoms with Crippen LogP contribution in [0.15, 0.2) is 24.3 Å². The zero-order valence-electron chi connectivity index (χ0n) is 11.0. The third-order valence-electron chi connectivity index (χ3n) is 3.29. The normalized spacial score (nSPS) is 20.9. The molecule has 1 heterocycles. The zero-order chi connectivity index (χ0) is 12.8. The van der Waals surface area contributed by atoms with Crippen molar-refractivity contribution in [2.75, 3.05) is 31.2 Å². The fourth-order valence-electron chi connectivity index (χ4n) is 2.14. The first-order valence-corrected chi connectivity index (χ1v) is 7.68. The van der Waals surface area contributed by atoms with E-state index in [2.05, 4.69) is 11.8 Å². The Morgan fingerprint density at radius 1 is 1.50 bits per heavy atom. The number of ether oxygens (including phenoxy) is 1. The first-order valence-electron chi connectivity index (χ1n) is 6.53. The fourth-order valence-corrected chi connectivity index (χ4v) is 3.22. The molecule has 0 saturated carbocycles. The first-order chi connectivity index (χ1) is 8.79. The molecule has 0 radical (unpaired) electrons. The van der Waals surface area contributed by atoms with Gasteiger partial charge in [-0.05, 0) is 24.6 Å². The molecule has 1 atom stereocenters. The van der Waals surface area contributed by atoms with E-state index in [-0.39, 0.29) is 0 Å². The minimum Gasteiger partial charge on any atom is -0.492 e. The molecule has 1 aliphatic heterocycles. The van der Waals surface area contributed by atoms with E-state index in [0.717, 1.165) is 24.5 Å². The third kappa shape index (κ3) is 3.90. The largest absolute Gasteiger partial charge is 0.492 e. The van der Waals surface area contributed by atoms with Crippen LogP contribution in [0.5, 0.6) is 5.75 Å². The molecule has 0 aromatic heterocycles. The Morgan fingerprint density at radius 3 is 3.17 bits per heavy atom. The van der Waals surface area contributed by atoms with Crippen molar-refractivity contribution >= 4 is 11.8 Å². The van der Waals surface area contributed by atoms with Gasteiger partial charge in [0.2, 0.25) is 0 Å². The van der Waals surface area contributed by atoms with Crippen LogP contribution in [0.2, 0.25) is 0 Å². The lowest BCUT2D eigenvalue weighted by molar-refractivity contribution is 0.183. The highest BCUT2D eigenvalue weighted by atomic mass is 32.2. The van der Waals surface area contributed by atoms with Crippen molar-refractivity contribution in [1.82, 2.24) is 4.90 Å². The summed E-state index contributed by atoms with van der Waals surface area (Å²) in [7, 11) is 0. The summed E-state index contributed by atoms with van der Waals surface area (Å²) < 4.78 is 5.80. The molecular formula is C14H22N2OS. The Kier molecular flexibility index (Phi) is 5.35. The monoisotopic (exact) mass is 266 g/mol. The van der Waals surface area contributed by atoms with Gasteiger partial charge >= 0.3 is 0 Å². The van der Waals surface area contributed by atoms with Crippen LogP contribution >= 0.6 is 11.8 Å². The van der Waals surface area contributed by atoms with Gasteiger partial charge in [-0.3, -0.25) is 4.90 Å². The van der Waals surface area contributed by atoms with Gasteiger partial charge in [0.05, 0.1) is 0 Å². The summed E-state index contributed by atoms with van der Waals surface area (Å²) in [4.78, 5) is 2.50. The number of rotatable bonds is 5. The van der Waals surface area contributed by atoms with Crippen LogP contribution < -0.4 is 10.5 Å². The predicted octanol–water partition coefficient (Wildman–Crippen LogP) is 1.96. The van der Waals surface area contributed by atoms with Gasteiger partial charge in [0, 0.05) is 37.2 Å². The zero-order valence-corrected chi connectivity index (χ0v) is 11.8. The second kappa shape index (κ2) is 7.02. The second-order valence-electron chi connectivity index (χ2n) is 4.66. The van der Waals surface area contributed by atoms with Gasteiger partial charge in [0.15, 0.2) is 0 Å². The van der Waals surface area contributed by atoms with Crippen molar-refractivity contribution in [1.29, 1.82) is 0 Å². The Hall–Kier alpha value is -0.710. The second-order valence-corrected chi connectivity index (χ2v) is 5.81. The van der Waals surface area contributed by atoms with Crippen molar-refractivity contribution < 1.29 is 4.74 Å². The van der Waals surface area contributed by atoms with Crippen LogP contribution in [-0.4, -0.2) is 42.1 Å². The fraction of sp³-hybridized carbons (Fsp3) is 0.571. The van der Waals surface area contributed by atoms with Crippen LogP contribution in [-0.2, 0) is 6.54 Å². The molecule has 1 fully saturated rings. The molecule has 100 valence electrons. The minimum atomic E-state index is 0.567. The summed E-state index contributed by atoms with van der Waals surface area (Å²) in [6.45, 7) is 5.80. The molecule has 3 nitrogen and oxygen atoms in total. The van der Waals surface area contributed by atoms with E-state index in [0.29, 0.717) is 12.6 Å². The highest BCUT2D eigenvalue weighted by Gasteiger charge is 2.17. The van der Waals surface area contributed by atoms with Crippen molar-refractivity contribution in [2.45, 2.75) is 19.5 Å². The summed E-state index contributed by atoms with van der Waals surface area (Å²) in [6, 6.07) is 8.71. The number of benzene rings is 1. The molecule has 0 spiro atoms. The Morgan fingerprint density at radius 2 is 2.39 bits per heavy atom. The van der Waals surface area contributed by atoms with Crippen LogP contribution in [0.4, 0.5) is 0 Å². The maximum absolute atomic E-state index is 5.80. The highest BCUT2D eigenvalue weighted by Crippen LogP contribution is 2.16. The smallest absolute Gasteiger partial charge is 0.119 e. The molecule has 1 aromatic rings. The average Bonchev–Trinajstić information content (AvgIpc) is 2.41. The Labute approximate surface area is 114 Å². The number of hydrogen-bond acceptors (Lipinski definition) is 4. The maximum Gasteiger partial charge on any atom is 0.119 e. The Balaban J connectivity index is 1.77. The van der Waals surface area contributed by atoms with Crippen molar-refractivity contribution in [3.8, 4) is 5.75 Å². The molecule has 0 amide bonds. The summed E-state index contributed by atoms with van der Waals surface area (Å²) in [5.41, 5.74) is 6.74. The van der Waals surface area contributed by atoms with E-state index in [9.17, 15) is 0 Å². The van der Waals surface area contributed by atoms with E-state index in [4.69, 9.17) is 10.5 Å². The topological polar surface area (TPSA) is 38.5 Å². The lowest BCUT2D eigenvalue weighted by atomic mass is 10.2. The molecule has 2 rings (SSSR count). The molecule has 0 aliphatic carbocycles. The molecule has 18 heavy (non-hydrogen) atoms. The lowest BCUT2D eigenvalue weighted by Gasteiger charge is -2.32. The molecular weight excluding hydrogens is 244 g/mol. The van der Waals surface area contributed by atoms with Crippen molar-refractivity contribution in [3.05, 3.63) is 29.8 Å². The lowest BCUT2D eigenvalue weighted by Crippen LogP contribution is -2.42. The number of hydrogen-bond donors (Lipinski definition) is 1. The number of nitrogens with two attached hydrogens (primary N) is 1. The minimum absolute atomic E-state index is 0.567. The van der Waals surface area contributed by atoms with Crippen LogP contribution in [0.25, 0.3) is 0 Å². The van der Waals surface area contributed by atoms with Crippen molar-refractivity contribution in [3.63, 3.8) is 0 Å². The van der Waals surface area contributed by atoms with Gasteiger partial charge in [0.25, 0.3) is 0 Å². The van der Waals surface area contributed by atoms with E-state index >= 15 is 0 Å². The predicted molar refractivity (Wildman–Crippen MR) is 78.2 cm³/mol. The van der Waals surface area contributed by atoms with Gasteiger partial charge in [-0.1, -0.05) is 12.1 Å². The molecule has 2 N–H and O–H groups in total. The summed E-state index contributed by atoms with van der Waals surface area (Å²) >= 11 is 2.05. The quantitative estimate of drug-likeness (QED) is 0.884. The third-order valence-corrected chi connectivity index (χ3v) is 4.48. The summed E-state index contributed by atoms with van der Waals surface area (Å²) in [5, 5.41) is 0. The van der Waals surface area contributed by atoms with Crippen LogP contribution in [0.1, 0.15) is 12.5 Å². The SMILES string of the molecule is CC1CSCCN1CCOc1cccc(CN)c1. The maximum atomic E-state index is 5.80. The molecule has 1 unspecified atom stereocenters. The van der Waals surface area contributed by atoms with Gasteiger partial charge in [-0.2, -0.15) is 11.8 Å². The summed E-state index contributed by atoms with van der Waals surface area (Å²) in [5.74, 6) is 3.41. The molecule has 4 heteroatoms. The molecule has 1 aromatic carbocycles. The Bertz CT molecular complexity index is 373. The highest BCUT2D eigenvalue weighted by molar-refractivity contribution is 7.99. The first kappa shape index (κ1) is 13.7. The van der Waals surface area contributed by atoms with Gasteiger partial charge in [0.1, 0.15) is 12.4 Å². The van der Waals surface area contributed by atoms with E-state index < -0.39 is 0 Å². The summed E-state index contributed by atoms with van der Waals surface area (Å²) in [6.07, 6.45) is 0. The van der Waals surface area contributed by atoms with Gasteiger partial charge < -0.3 is 10.5 Å². The van der Waals surface area contributed by atoms with E-state index in [1.54, 1.807) is 0 Å². The van der Waals surface area contributed by atoms with Crippen molar-refractivity contribution in [2.24, 2.45) is 5.73 Å². The number of thioether (sulfide) groups is 1. The van der Waals surface area contributed by atoms with Crippen LogP contribution in [0.3, 0.4) is 0 Å². The van der Waals surface area contributed by atoms with Crippen LogP contribution in [0, 0.1) is 0 Å². The molecule has 1 aliphatic rings. The van der Waals surface area contributed by atoms with E-state index in [1.165, 1.54) is 18.1 Å². The average molecular weight is 266 g/mol. The standard InChI is InChI=1S/C14H22N2OS/c1-12-11-18-8-6-16(12)5-7-17-14-4-2-3-13(9-14)10-15/h2-4,9,12H,5-8,10-11,15H2,1H3. The molecule has 0 bridgehead atoms. The van der Waals surface area contributed by atoms with Gasteiger partial charge in [-0.25, -0.2) is 0 Å². The molecule has 1 saturated heterocycles.